The first kappa shape index (κ1) is 16.5. The van der Waals surface area contributed by atoms with Gasteiger partial charge in [0.25, 0.3) is 0 Å². The van der Waals surface area contributed by atoms with E-state index in [2.05, 4.69) is 0 Å². The first-order valence-corrected chi connectivity index (χ1v) is 7.30. The lowest BCUT2D eigenvalue weighted by Gasteiger charge is -2.35. The van der Waals surface area contributed by atoms with Gasteiger partial charge in [-0.1, -0.05) is 36.4 Å². The molecule has 2 rings (SSSR count). The van der Waals surface area contributed by atoms with Gasteiger partial charge in [0.15, 0.2) is 0 Å². The highest BCUT2D eigenvalue weighted by atomic mass is 19.1. The molecule has 4 heteroatoms. The smallest absolute Gasteiger partial charge is 0.127 e. The molecular weight excluding hydrogens is 281 g/mol. The molecule has 2 aromatic carbocycles. The summed E-state index contributed by atoms with van der Waals surface area (Å²) in [5, 5.41) is 20.4. The Morgan fingerprint density at radius 2 is 1.59 bits per heavy atom. The molecule has 0 saturated heterocycles. The minimum absolute atomic E-state index is 0.0681. The number of hydrogen-bond donors (Lipinski definition) is 2. The fourth-order valence-electron chi connectivity index (χ4n) is 2.81. The van der Waals surface area contributed by atoms with Crippen molar-refractivity contribution in [1.82, 2.24) is 4.90 Å². The van der Waals surface area contributed by atoms with Gasteiger partial charge in [0.1, 0.15) is 11.6 Å². The number of para-hydroxylation sites is 1. The minimum Gasteiger partial charge on any atom is -0.508 e. The van der Waals surface area contributed by atoms with Gasteiger partial charge < -0.3 is 15.1 Å². The second-order valence-corrected chi connectivity index (χ2v) is 5.79. The van der Waals surface area contributed by atoms with Gasteiger partial charge in [-0.2, -0.15) is 0 Å². The van der Waals surface area contributed by atoms with Crippen LogP contribution in [0, 0.1) is 5.82 Å². The van der Waals surface area contributed by atoms with Gasteiger partial charge in [-0.3, -0.25) is 0 Å². The van der Waals surface area contributed by atoms with Crippen molar-refractivity contribution in [2.75, 3.05) is 27.2 Å². The summed E-state index contributed by atoms with van der Waals surface area (Å²) in [5.41, 5.74) is -0.0219. The van der Waals surface area contributed by atoms with Gasteiger partial charge in [0, 0.05) is 11.1 Å². The predicted octanol–water partition coefficient (Wildman–Crippen LogP) is 2.76. The lowest BCUT2D eigenvalue weighted by atomic mass is 9.72. The molecular formula is C18H22FNO2. The van der Waals surface area contributed by atoms with Crippen LogP contribution in [0.15, 0.2) is 48.5 Å². The Kier molecular flexibility index (Phi) is 5.16. The fourth-order valence-corrected chi connectivity index (χ4v) is 2.81. The Morgan fingerprint density at radius 1 is 1.00 bits per heavy atom. The lowest BCUT2D eigenvalue weighted by molar-refractivity contribution is 0.193. The quantitative estimate of drug-likeness (QED) is 0.862. The third-order valence-electron chi connectivity index (χ3n) is 4.06. The molecule has 0 amide bonds. The Bertz CT molecular complexity index is 582. The van der Waals surface area contributed by atoms with Crippen molar-refractivity contribution < 1.29 is 14.6 Å². The van der Waals surface area contributed by atoms with E-state index < -0.39 is 5.41 Å². The van der Waals surface area contributed by atoms with Crippen LogP contribution in [0.4, 0.5) is 4.39 Å². The third kappa shape index (κ3) is 3.13. The average Bonchev–Trinajstić information content (AvgIpc) is 2.51. The SMILES string of the molecule is CN(C)CCC(CO)(c1ccccc1O)c1ccccc1F. The Balaban J connectivity index is 2.62. The number of aliphatic hydroxyl groups is 1. The molecule has 0 saturated carbocycles. The van der Waals surface area contributed by atoms with Crippen LogP contribution in [-0.4, -0.2) is 42.4 Å². The molecule has 118 valence electrons. The maximum absolute atomic E-state index is 14.4. The molecule has 0 radical (unpaired) electrons. The molecule has 0 fully saturated rings. The highest BCUT2D eigenvalue weighted by molar-refractivity contribution is 5.47. The van der Waals surface area contributed by atoms with E-state index in [4.69, 9.17) is 0 Å². The highest BCUT2D eigenvalue weighted by Crippen LogP contribution is 2.40. The zero-order valence-corrected chi connectivity index (χ0v) is 13.0. The van der Waals surface area contributed by atoms with E-state index in [0.717, 1.165) is 0 Å². The first-order valence-electron chi connectivity index (χ1n) is 7.30. The van der Waals surface area contributed by atoms with Gasteiger partial charge in [0.05, 0.1) is 12.0 Å². The monoisotopic (exact) mass is 303 g/mol. The molecule has 0 aliphatic rings. The Morgan fingerprint density at radius 3 is 2.14 bits per heavy atom. The van der Waals surface area contributed by atoms with Gasteiger partial charge in [-0.05, 0) is 39.2 Å². The van der Waals surface area contributed by atoms with Crippen LogP contribution in [0.1, 0.15) is 17.5 Å². The number of aliphatic hydroxyl groups excluding tert-OH is 1. The summed E-state index contributed by atoms with van der Waals surface area (Å²) in [6.45, 7) is 0.378. The van der Waals surface area contributed by atoms with Crippen molar-refractivity contribution in [3.63, 3.8) is 0 Å². The van der Waals surface area contributed by atoms with Crippen molar-refractivity contribution in [2.45, 2.75) is 11.8 Å². The van der Waals surface area contributed by atoms with E-state index >= 15 is 0 Å². The summed E-state index contributed by atoms with van der Waals surface area (Å²) >= 11 is 0. The molecule has 2 N–H and O–H groups in total. The molecule has 0 spiro atoms. The summed E-state index contributed by atoms with van der Waals surface area (Å²) in [4.78, 5) is 1.98. The molecule has 0 aliphatic carbocycles. The standard InChI is InChI=1S/C18H22FNO2/c1-20(2)12-11-18(13-21,14-7-3-5-9-16(14)19)15-8-4-6-10-17(15)22/h3-10,21-22H,11-13H2,1-2H3. The number of phenolic OH excluding ortho intramolecular Hbond substituents is 1. The summed E-state index contributed by atoms with van der Waals surface area (Å²) in [7, 11) is 3.85. The van der Waals surface area contributed by atoms with E-state index in [-0.39, 0.29) is 18.2 Å². The van der Waals surface area contributed by atoms with E-state index in [9.17, 15) is 14.6 Å². The molecule has 0 aromatic heterocycles. The fraction of sp³-hybridized carbons (Fsp3) is 0.333. The second kappa shape index (κ2) is 6.90. The zero-order valence-electron chi connectivity index (χ0n) is 13.0. The van der Waals surface area contributed by atoms with Crippen LogP contribution < -0.4 is 0 Å². The van der Waals surface area contributed by atoms with E-state index in [1.54, 1.807) is 42.5 Å². The number of halogens is 1. The molecule has 1 atom stereocenters. The Labute approximate surface area is 130 Å². The number of aromatic hydroxyl groups is 1. The molecule has 22 heavy (non-hydrogen) atoms. The van der Waals surface area contributed by atoms with Gasteiger partial charge in [0.2, 0.25) is 0 Å². The van der Waals surface area contributed by atoms with Crippen molar-refractivity contribution in [3.05, 3.63) is 65.5 Å². The third-order valence-corrected chi connectivity index (χ3v) is 4.06. The minimum atomic E-state index is -0.971. The van der Waals surface area contributed by atoms with Gasteiger partial charge in [-0.25, -0.2) is 4.39 Å². The van der Waals surface area contributed by atoms with Crippen LogP contribution in [0.5, 0.6) is 5.75 Å². The van der Waals surface area contributed by atoms with Gasteiger partial charge >= 0.3 is 0 Å². The number of phenols is 1. The number of hydrogen-bond acceptors (Lipinski definition) is 3. The number of rotatable bonds is 6. The molecule has 3 nitrogen and oxygen atoms in total. The summed E-state index contributed by atoms with van der Waals surface area (Å²) in [6.07, 6.45) is 0.495. The van der Waals surface area contributed by atoms with Crippen LogP contribution in [0.2, 0.25) is 0 Å². The molecule has 1 unspecified atom stereocenters. The normalized spacial score (nSPS) is 14.0. The maximum Gasteiger partial charge on any atom is 0.127 e. The highest BCUT2D eigenvalue weighted by Gasteiger charge is 2.37. The van der Waals surface area contributed by atoms with Crippen molar-refractivity contribution in [2.24, 2.45) is 0 Å². The summed E-state index contributed by atoms with van der Waals surface area (Å²) in [5.74, 6) is -0.308. The average molecular weight is 303 g/mol. The van der Waals surface area contributed by atoms with E-state index in [1.807, 2.05) is 19.0 Å². The van der Waals surface area contributed by atoms with Crippen LogP contribution in [-0.2, 0) is 5.41 Å². The summed E-state index contributed by atoms with van der Waals surface area (Å²) in [6, 6.07) is 13.2. The van der Waals surface area contributed by atoms with Gasteiger partial charge in [-0.15, -0.1) is 0 Å². The van der Waals surface area contributed by atoms with Crippen LogP contribution >= 0.6 is 0 Å². The van der Waals surface area contributed by atoms with E-state index in [1.165, 1.54) is 6.07 Å². The largest absolute Gasteiger partial charge is 0.508 e. The van der Waals surface area contributed by atoms with Crippen molar-refractivity contribution >= 4 is 0 Å². The molecule has 0 aliphatic heterocycles. The predicted molar refractivity (Wildman–Crippen MR) is 85.5 cm³/mol. The first-order chi connectivity index (χ1) is 10.5. The van der Waals surface area contributed by atoms with Crippen LogP contribution in [0.25, 0.3) is 0 Å². The van der Waals surface area contributed by atoms with E-state index in [0.29, 0.717) is 24.1 Å². The Hall–Kier alpha value is -1.91. The van der Waals surface area contributed by atoms with Crippen LogP contribution in [0.3, 0.4) is 0 Å². The molecule has 2 aromatic rings. The summed E-state index contributed by atoms with van der Waals surface area (Å²) < 4.78 is 14.4. The molecule has 0 bridgehead atoms. The van der Waals surface area contributed by atoms with Crippen molar-refractivity contribution in [1.29, 1.82) is 0 Å². The van der Waals surface area contributed by atoms with Crippen molar-refractivity contribution in [3.8, 4) is 5.75 Å². The number of benzene rings is 2. The topological polar surface area (TPSA) is 43.7 Å². The zero-order chi connectivity index (χ0) is 16.2. The number of nitrogens with zero attached hydrogens (tertiary/aromatic N) is 1. The molecule has 0 heterocycles. The second-order valence-electron chi connectivity index (χ2n) is 5.79. The maximum atomic E-state index is 14.4. The lowest BCUT2D eigenvalue weighted by Crippen LogP contribution is -2.36.